The molecule has 3 aromatic rings. The van der Waals surface area contributed by atoms with Gasteiger partial charge in [-0.2, -0.15) is 0 Å². The fraction of sp³-hybridized carbons (Fsp3) is 0.0909. The molecular weight excluding hydrogens is 418 g/mol. The maximum atomic E-state index is 14.4. The highest BCUT2D eigenvalue weighted by molar-refractivity contribution is 7.92. The Morgan fingerprint density at radius 3 is 2.07 bits per heavy atom. The topological polar surface area (TPSA) is 46.2 Å². The first-order chi connectivity index (χ1) is 14.1. The minimum Gasteiger partial charge on any atom is -0.274 e. The van der Waals surface area contributed by atoms with Gasteiger partial charge in [-0.25, -0.2) is 26.0 Å². The normalized spacial score (nSPS) is 11.0. The van der Waals surface area contributed by atoms with E-state index in [9.17, 15) is 26.0 Å². The SMILES string of the molecule is Cc1cc(F)c(C)c(S(=O)(=O)Nc2c(F)cc(C#Cc3cccc(F)c3)cc2F)c1. The van der Waals surface area contributed by atoms with Crippen molar-refractivity contribution in [1.29, 1.82) is 0 Å². The highest BCUT2D eigenvalue weighted by Crippen LogP contribution is 2.27. The van der Waals surface area contributed by atoms with Gasteiger partial charge in [0.25, 0.3) is 10.0 Å². The third-order valence-corrected chi connectivity index (χ3v) is 5.66. The molecule has 30 heavy (non-hydrogen) atoms. The summed E-state index contributed by atoms with van der Waals surface area (Å²) in [5, 5.41) is 0. The van der Waals surface area contributed by atoms with Crippen LogP contribution in [0.15, 0.2) is 53.4 Å². The van der Waals surface area contributed by atoms with E-state index >= 15 is 0 Å². The molecule has 0 saturated carbocycles. The summed E-state index contributed by atoms with van der Waals surface area (Å²) in [6, 6.07) is 9.40. The third kappa shape index (κ3) is 4.63. The van der Waals surface area contributed by atoms with Crippen molar-refractivity contribution < 1.29 is 26.0 Å². The van der Waals surface area contributed by atoms with E-state index in [-0.39, 0.29) is 11.1 Å². The molecule has 0 amide bonds. The van der Waals surface area contributed by atoms with Gasteiger partial charge in [0.1, 0.15) is 17.3 Å². The standard InChI is InChI=1S/C22H15F4NO2S/c1-13-8-18(24)14(2)21(9-13)30(28,29)27-22-19(25)11-16(12-20(22)26)7-6-15-4-3-5-17(23)10-15/h3-5,8-12,27H,1-2H3. The smallest absolute Gasteiger partial charge is 0.262 e. The lowest BCUT2D eigenvalue weighted by Crippen LogP contribution is -2.17. The van der Waals surface area contributed by atoms with Crippen LogP contribution in [0.2, 0.25) is 0 Å². The average molecular weight is 433 g/mol. The zero-order valence-electron chi connectivity index (χ0n) is 15.9. The van der Waals surface area contributed by atoms with Crippen LogP contribution in [0.4, 0.5) is 23.2 Å². The molecule has 3 nitrogen and oxygen atoms in total. The molecule has 0 saturated heterocycles. The molecule has 3 rings (SSSR count). The average Bonchev–Trinajstić information content (AvgIpc) is 2.66. The zero-order chi connectivity index (χ0) is 22.1. The van der Waals surface area contributed by atoms with Gasteiger partial charge in [0, 0.05) is 16.7 Å². The Hall–Kier alpha value is -3.31. The molecule has 0 fully saturated rings. The molecule has 0 aliphatic heterocycles. The molecule has 0 atom stereocenters. The quantitative estimate of drug-likeness (QED) is 0.464. The molecule has 1 N–H and O–H groups in total. The van der Waals surface area contributed by atoms with Crippen molar-refractivity contribution in [1.82, 2.24) is 0 Å². The number of sulfonamides is 1. The molecule has 0 aromatic heterocycles. The number of halogens is 4. The number of nitrogens with one attached hydrogen (secondary N) is 1. The lowest BCUT2D eigenvalue weighted by atomic mass is 10.1. The molecule has 3 aromatic carbocycles. The second-order valence-corrected chi connectivity index (χ2v) is 8.20. The van der Waals surface area contributed by atoms with Crippen LogP contribution in [-0.2, 0) is 10.0 Å². The molecule has 0 bridgehead atoms. The van der Waals surface area contributed by atoms with Gasteiger partial charge in [0.05, 0.1) is 4.90 Å². The Kier molecular flexibility index (Phi) is 5.85. The third-order valence-electron chi connectivity index (χ3n) is 4.18. The first-order valence-corrected chi connectivity index (χ1v) is 10.1. The van der Waals surface area contributed by atoms with E-state index in [2.05, 4.69) is 11.8 Å². The molecule has 0 spiro atoms. The predicted octanol–water partition coefficient (Wildman–Crippen LogP) is 5.06. The van der Waals surface area contributed by atoms with Crippen molar-refractivity contribution in [3.05, 3.63) is 94.1 Å². The van der Waals surface area contributed by atoms with E-state index in [0.29, 0.717) is 11.1 Å². The minimum atomic E-state index is -4.45. The number of hydrogen-bond donors (Lipinski definition) is 1. The Bertz CT molecular complexity index is 1290. The van der Waals surface area contributed by atoms with Gasteiger partial charge in [0.15, 0.2) is 11.6 Å². The minimum absolute atomic E-state index is 0.0741. The Morgan fingerprint density at radius 1 is 0.800 bits per heavy atom. The van der Waals surface area contributed by atoms with Crippen molar-refractivity contribution in [3.63, 3.8) is 0 Å². The second-order valence-electron chi connectivity index (χ2n) is 6.55. The van der Waals surface area contributed by atoms with Gasteiger partial charge in [-0.3, -0.25) is 4.72 Å². The fourth-order valence-electron chi connectivity index (χ4n) is 2.70. The van der Waals surface area contributed by atoms with Crippen molar-refractivity contribution in [2.45, 2.75) is 18.7 Å². The fourth-order valence-corrected chi connectivity index (χ4v) is 4.12. The predicted molar refractivity (Wildman–Crippen MR) is 105 cm³/mol. The summed E-state index contributed by atoms with van der Waals surface area (Å²) in [7, 11) is -4.45. The zero-order valence-corrected chi connectivity index (χ0v) is 16.7. The molecule has 0 aliphatic rings. The van der Waals surface area contributed by atoms with Crippen LogP contribution in [-0.4, -0.2) is 8.42 Å². The summed E-state index contributed by atoms with van der Waals surface area (Å²) >= 11 is 0. The summed E-state index contributed by atoms with van der Waals surface area (Å²) in [6.45, 7) is 2.75. The van der Waals surface area contributed by atoms with Crippen molar-refractivity contribution in [3.8, 4) is 11.8 Å². The number of rotatable bonds is 3. The lowest BCUT2D eigenvalue weighted by Gasteiger charge is -2.13. The summed E-state index contributed by atoms with van der Waals surface area (Å²) in [6.07, 6.45) is 0. The van der Waals surface area contributed by atoms with Crippen LogP contribution in [0.1, 0.15) is 22.3 Å². The number of benzene rings is 3. The van der Waals surface area contributed by atoms with Crippen LogP contribution in [0.5, 0.6) is 0 Å². The molecule has 0 heterocycles. The van der Waals surface area contributed by atoms with E-state index in [1.807, 2.05) is 4.72 Å². The molecule has 0 radical (unpaired) electrons. The number of aryl methyl sites for hydroxylation is 1. The van der Waals surface area contributed by atoms with Gasteiger partial charge >= 0.3 is 0 Å². The lowest BCUT2D eigenvalue weighted by molar-refractivity contribution is 0.579. The van der Waals surface area contributed by atoms with Crippen LogP contribution >= 0.6 is 0 Å². The first-order valence-electron chi connectivity index (χ1n) is 8.63. The summed E-state index contributed by atoms with van der Waals surface area (Å²) in [5.74, 6) is 1.40. The molecule has 0 unspecified atom stereocenters. The van der Waals surface area contributed by atoms with Gasteiger partial charge in [-0.05, 0) is 61.9 Å². The summed E-state index contributed by atoms with van der Waals surface area (Å²) in [5.41, 5.74) is -0.519. The van der Waals surface area contributed by atoms with Gasteiger partial charge in [0.2, 0.25) is 0 Å². The molecule has 154 valence electrons. The largest absolute Gasteiger partial charge is 0.274 e. The Balaban J connectivity index is 1.95. The van der Waals surface area contributed by atoms with Crippen LogP contribution < -0.4 is 4.72 Å². The van der Waals surface area contributed by atoms with E-state index in [4.69, 9.17) is 0 Å². The van der Waals surface area contributed by atoms with Crippen molar-refractivity contribution in [2.75, 3.05) is 4.72 Å². The van der Waals surface area contributed by atoms with Crippen molar-refractivity contribution in [2.24, 2.45) is 0 Å². The number of anilines is 1. The van der Waals surface area contributed by atoms with Gasteiger partial charge in [-0.1, -0.05) is 17.9 Å². The van der Waals surface area contributed by atoms with Crippen LogP contribution in [0.25, 0.3) is 0 Å². The maximum absolute atomic E-state index is 14.4. The van der Waals surface area contributed by atoms with E-state index in [0.717, 1.165) is 24.3 Å². The van der Waals surface area contributed by atoms with Crippen LogP contribution in [0.3, 0.4) is 0 Å². The monoisotopic (exact) mass is 433 g/mol. The summed E-state index contributed by atoms with van der Waals surface area (Å²) in [4.78, 5) is -0.422. The van der Waals surface area contributed by atoms with Gasteiger partial charge in [-0.15, -0.1) is 0 Å². The molecule has 8 heteroatoms. The Morgan fingerprint density at radius 2 is 1.43 bits per heavy atom. The molecule has 0 aliphatic carbocycles. The number of hydrogen-bond acceptors (Lipinski definition) is 2. The van der Waals surface area contributed by atoms with Crippen molar-refractivity contribution >= 4 is 15.7 Å². The van der Waals surface area contributed by atoms with E-state index < -0.39 is 43.9 Å². The van der Waals surface area contributed by atoms with E-state index in [1.54, 1.807) is 0 Å². The van der Waals surface area contributed by atoms with Crippen LogP contribution in [0, 0.1) is 49.0 Å². The van der Waals surface area contributed by atoms with E-state index in [1.165, 1.54) is 38.1 Å². The first kappa shape index (κ1) is 21.4. The molecular formula is C22H15F4NO2S. The Labute approximate surface area is 171 Å². The highest BCUT2D eigenvalue weighted by Gasteiger charge is 2.23. The summed E-state index contributed by atoms with van der Waals surface area (Å²) < 4.78 is 82.9. The van der Waals surface area contributed by atoms with Gasteiger partial charge < -0.3 is 0 Å². The maximum Gasteiger partial charge on any atom is 0.262 e. The highest BCUT2D eigenvalue weighted by atomic mass is 32.2. The second kappa shape index (κ2) is 8.20.